The minimum Gasteiger partial charge on any atom is -0.309 e. The molecule has 0 aliphatic rings. The van der Waals surface area contributed by atoms with Crippen molar-refractivity contribution >= 4 is 87.2 Å². The van der Waals surface area contributed by atoms with Crippen molar-refractivity contribution in [2.45, 2.75) is 0 Å². The Balaban J connectivity index is 0.684. The van der Waals surface area contributed by atoms with Gasteiger partial charge in [0, 0.05) is 99.2 Å². The molecule has 9 nitrogen and oxygen atoms in total. The number of fused-ring (bicyclic) bond motifs is 14. The zero-order chi connectivity index (χ0) is 65.8. The zero-order valence-electron chi connectivity index (χ0n) is 53.9. The molecule has 6 aromatic heterocycles. The number of hydrogen-bond acceptors (Lipinski definition) is 5. The summed E-state index contributed by atoms with van der Waals surface area (Å²) in [5.74, 6) is 2.53. The molecule has 0 radical (unpaired) electrons. The fraction of sp³-hybridized carbons (Fsp3) is 0. The molecule has 0 atom stereocenters. The van der Waals surface area contributed by atoms with Crippen molar-refractivity contribution < 1.29 is 0 Å². The van der Waals surface area contributed by atoms with E-state index in [1.807, 2.05) is 66.7 Å². The number of rotatable bonds is 11. The summed E-state index contributed by atoms with van der Waals surface area (Å²) >= 11 is 0. The van der Waals surface area contributed by atoms with Crippen molar-refractivity contribution in [1.29, 1.82) is 0 Å². The van der Waals surface area contributed by atoms with Gasteiger partial charge >= 0.3 is 0 Å². The van der Waals surface area contributed by atoms with E-state index in [0.717, 1.165) is 117 Å². The molecule has 0 aliphatic carbocycles. The van der Waals surface area contributed by atoms with Crippen molar-refractivity contribution in [3.8, 4) is 102 Å². The predicted octanol–water partition coefficient (Wildman–Crippen LogP) is 22.7. The third-order valence-corrected chi connectivity index (χ3v) is 19.8. The molecule has 466 valence electrons. The molecule has 0 bridgehead atoms. The molecule has 0 saturated carbocycles. The van der Waals surface area contributed by atoms with Crippen LogP contribution < -0.4 is 0 Å². The van der Waals surface area contributed by atoms with Crippen LogP contribution in [-0.2, 0) is 0 Å². The van der Waals surface area contributed by atoms with E-state index in [9.17, 15) is 0 Å². The second kappa shape index (κ2) is 23.0. The second-order valence-electron chi connectivity index (χ2n) is 25.5. The van der Waals surface area contributed by atoms with Crippen molar-refractivity contribution in [3.05, 3.63) is 346 Å². The third-order valence-electron chi connectivity index (χ3n) is 19.8. The van der Waals surface area contributed by atoms with Crippen LogP contribution in [-0.4, -0.2) is 43.2 Å². The monoisotopic (exact) mass is 1280 g/mol. The first kappa shape index (κ1) is 56.7. The number of aromatic nitrogens is 9. The van der Waals surface area contributed by atoms with Crippen LogP contribution in [0.25, 0.3) is 189 Å². The summed E-state index contributed by atoms with van der Waals surface area (Å²) in [6.45, 7) is 0. The molecule has 100 heavy (non-hydrogen) atoms. The normalized spacial score (nSPS) is 11.8. The number of para-hydroxylation sites is 5. The van der Waals surface area contributed by atoms with Crippen LogP contribution in [0.15, 0.2) is 346 Å². The summed E-state index contributed by atoms with van der Waals surface area (Å²) < 4.78 is 9.63. The number of hydrogen-bond donors (Lipinski definition) is 0. The van der Waals surface area contributed by atoms with Gasteiger partial charge in [-0.25, -0.2) is 24.9 Å². The zero-order valence-corrected chi connectivity index (χ0v) is 53.9. The van der Waals surface area contributed by atoms with Crippen LogP contribution in [0.2, 0.25) is 0 Å². The average Bonchev–Trinajstić information content (AvgIpc) is 1.55. The van der Waals surface area contributed by atoms with Gasteiger partial charge in [-0.2, -0.15) is 0 Å². The molecular weight excluding hydrogens is 1220 g/mol. The second-order valence-corrected chi connectivity index (χ2v) is 25.5. The molecule has 20 rings (SSSR count). The summed E-state index contributed by atoms with van der Waals surface area (Å²) in [4.78, 5) is 25.8. The molecule has 0 amide bonds. The topological polar surface area (TPSA) is 84.2 Å². The highest BCUT2D eigenvalue weighted by Crippen LogP contribution is 2.46. The fourth-order valence-corrected chi connectivity index (χ4v) is 15.3. The fourth-order valence-electron chi connectivity index (χ4n) is 15.3. The van der Waals surface area contributed by atoms with Gasteiger partial charge in [0.25, 0.3) is 0 Å². The van der Waals surface area contributed by atoms with Crippen LogP contribution in [0, 0.1) is 0 Å². The van der Waals surface area contributed by atoms with Gasteiger partial charge in [-0.1, -0.05) is 224 Å². The van der Waals surface area contributed by atoms with Crippen LogP contribution in [0.5, 0.6) is 0 Å². The lowest BCUT2D eigenvalue weighted by atomic mass is 9.99. The van der Waals surface area contributed by atoms with Crippen molar-refractivity contribution in [2.24, 2.45) is 0 Å². The maximum Gasteiger partial charge on any atom is 0.164 e. The van der Waals surface area contributed by atoms with E-state index in [1.165, 1.54) is 48.7 Å². The Bertz CT molecular complexity index is 6540. The quantitative estimate of drug-likeness (QED) is 0.129. The minimum atomic E-state index is 0.615. The highest BCUT2D eigenvalue weighted by atomic mass is 15.0. The van der Waals surface area contributed by atoms with Gasteiger partial charge in [0.1, 0.15) is 0 Å². The maximum atomic E-state index is 5.44. The van der Waals surface area contributed by atoms with E-state index in [1.54, 1.807) is 0 Å². The van der Waals surface area contributed by atoms with E-state index in [-0.39, 0.29) is 0 Å². The van der Waals surface area contributed by atoms with Crippen LogP contribution in [0.4, 0.5) is 0 Å². The SMILES string of the molecule is c1ccc(-c2cc(-c3ccc(-n4c5ccccc5c5c6c7ccccc7n(-c7ccccc7)c6ccc54)cc3)nc(-c3cccc(-c4ccc5c6c7c8ccccc8n(-c8ccc(-c9nc(-c%10ccccc%10)nc(-c%10ccccc%10)n9)cc8)c7ccc6n(-c6ccccc6)c5c4)c3)n2)cc1. The Kier molecular flexibility index (Phi) is 13.1. The molecule has 0 aliphatic heterocycles. The van der Waals surface area contributed by atoms with Crippen LogP contribution in [0.3, 0.4) is 0 Å². The Morgan fingerprint density at radius 1 is 0.160 bits per heavy atom. The maximum absolute atomic E-state index is 5.44. The summed E-state index contributed by atoms with van der Waals surface area (Å²) in [5, 5.41) is 9.68. The van der Waals surface area contributed by atoms with E-state index in [2.05, 4.69) is 297 Å². The van der Waals surface area contributed by atoms with E-state index in [4.69, 9.17) is 24.9 Å². The predicted molar refractivity (Wildman–Crippen MR) is 411 cm³/mol. The van der Waals surface area contributed by atoms with E-state index >= 15 is 0 Å². The van der Waals surface area contributed by atoms with Crippen LogP contribution >= 0.6 is 0 Å². The lowest BCUT2D eigenvalue weighted by Gasteiger charge is -2.12. The summed E-state index contributed by atoms with van der Waals surface area (Å²) in [5.41, 5.74) is 23.0. The Morgan fingerprint density at radius 2 is 0.450 bits per heavy atom. The third kappa shape index (κ3) is 9.21. The van der Waals surface area contributed by atoms with Crippen molar-refractivity contribution in [3.63, 3.8) is 0 Å². The number of benzene rings is 14. The molecule has 0 fully saturated rings. The molecular formula is C91H57N9. The van der Waals surface area contributed by atoms with Gasteiger partial charge in [-0.05, 0) is 132 Å². The number of nitrogens with zero attached hydrogens (tertiary/aromatic N) is 9. The molecule has 9 heteroatoms. The lowest BCUT2D eigenvalue weighted by Crippen LogP contribution is -2.00. The Morgan fingerprint density at radius 3 is 0.890 bits per heavy atom. The van der Waals surface area contributed by atoms with Crippen molar-refractivity contribution in [1.82, 2.24) is 43.2 Å². The van der Waals surface area contributed by atoms with Gasteiger partial charge in [-0.15, -0.1) is 0 Å². The largest absolute Gasteiger partial charge is 0.309 e. The van der Waals surface area contributed by atoms with Crippen LogP contribution in [0.1, 0.15) is 0 Å². The molecule has 14 aromatic carbocycles. The van der Waals surface area contributed by atoms with Gasteiger partial charge in [0.15, 0.2) is 23.3 Å². The molecule has 0 saturated heterocycles. The Labute approximate surface area is 574 Å². The lowest BCUT2D eigenvalue weighted by molar-refractivity contribution is 1.07. The first-order valence-corrected chi connectivity index (χ1v) is 33.8. The molecule has 0 unspecified atom stereocenters. The molecule has 6 heterocycles. The Hall–Kier alpha value is -13.6. The first-order valence-electron chi connectivity index (χ1n) is 33.8. The summed E-state index contributed by atoms with van der Waals surface area (Å²) in [6, 6.07) is 123. The minimum absolute atomic E-state index is 0.615. The van der Waals surface area contributed by atoms with Gasteiger partial charge in [-0.3, -0.25) is 0 Å². The summed E-state index contributed by atoms with van der Waals surface area (Å²) in [6.07, 6.45) is 0. The first-order chi connectivity index (χ1) is 49.6. The highest BCUT2D eigenvalue weighted by molar-refractivity contribution is 6.30. The van der Waals surface area contributed by atoms with Crippen molar-refractivity contribution in [2.75, 3.05) is 0 Å². The molecule has 20 aromatic rings. The average molecular weight is 1280 g/mol. The smallest absolute Gasteiger partial charge is 0.164 e. The van der Waals surface area contributed by atoms with Gasteiger partial charge in [0.05, 0.1) is 55.5 Å². The molecule has 0 N–H and O–H groups in total. The standard InChI is InChI=1S/C91H57N9/c1-6-23-58(24-7-1)74-57-75(59-41-46-68(47-42-59)98-77-39-20-17-36-71(77)85-80(98)52-51-79-84(85)70-35-16-19-38-76(70)97(79)66-31-12-4-13-32-66)93-91(92-74)65-30-22-29-63(55-65)64-45-50-73-83(56-64)100(67-33-14-5-15-34-67)82-54-53-81-86(87(73)82)72-37-18-21-40-78(72)99(81)69-48-43-62(44-49-69)90-95-88(60-25-8-2-9-26-60)94-89(96-90)61-27-10-3-11-28-61/h1-57H. The van der Waals surface area contributed by atoms with Gasteiger partial charge in [0.2, 0.25) is 0 Å². The van der Waals surface area contributed by atoms with Gasteiger partial charge < -0.3 is 18.3 Å². The summed E-state index contributed by atoms with van der Waals surface area (Å²) in [7, 11) is 0. The van der Waals surface area contributed by atoms with E-state index < -0.39 is 0 Å². The molecule has 0 spiro atoms. The highest BCUT2D eigenvalue weighted by Gasteiger charge is 2.25. The van der Waals surface area contributed by atoms with E-state index in [0.29, 0.717) is 23.3 Å².